The standard InChI is InChI=1S/C18H13BrCl2N4S2/c19-10-1-4-13-14(9-10)26-17(22-13)24-5-7-25(8-6-24)18-23-15-11(20)2-3-12(21)16(15)27-18/h1-4,9H,5-8H2. The SMILES string of the molecule is Clc1ccc(Cl)c2sc(N3CCN(c4nc5ccc(Br)cc5s4)CC3)nc12. The first kappa shape index (κ1) is 17.9. The van der Waals surface area contributed by atoms with Crippen LogP contribution in [0.15, 0.2) is 34.8 Å². The Labute approximate surface area is 182 Å². The molecule has 0 bridgehead atoms. The lowest BCUT2D eigenvalue weighted by Gasteiger charge is -2.34. The first-order chi connectivity index (χ1) is 13.1. The number of aromatic nitrogens is 2. The third kappa shape index (κ3) is 3.29. The lowest BCUT2D eigenvalue weighted by molar-refractivity contribution is 0.651. The molecule has 4 nitrogen and oxygen atoms in total. The fourth-order valence-corrected chi connectivity index (χ4v) is 6.32. The van der Waals surface area contributed by atoms with E-state index >= 15 is 0 Å². The summed E-state index contributed by atoms with van der Waals surface area (Å²) in [6.45, 7) is 3.63. The quantitative estimate of drug-likeness (QED) is 0.324. The van der Waals surface area contributed by atoms with Crippen LogP contribution in [0.1, 0.15) is 0 Å². The van der Waals surface area contributed by atoms with Crippen LogP contribution < -0.4 is 9.80 Å². The Morgan fingerprint density at radius 3 is 2.22 bits per heavy atom. The molecule has 138 valence electrons. The van der Waals surface area contributed by atoms with Gasteiger partial charge in [-0.25, -0.2) is 9.97 Å². The van der Waals surface area contributed by atoms with Crippen molar-refractivity contribution in [1.29, 1.82) is 0 Å². The van der Waals surface area contributed by atoms with Crippen molar-refractivity contribution in [3.05, 3.63) is 44.8 Å². The van der Waals surface area contributed by atoms with Crippen LogP contribution in [0.2, 0.25) is 10.0 Å². The minimum atomic E-state index is 0.649. The second kappa shape index (κ2) is 7.04. The summed E-state index contributed by atoms with van der Waals surface area (Å²) >= 11 is 19.5. The molecule has 0 spiro atoms. The van der Waals surface area contributed by atoms with E-state index in [0.29, 0.717) is 10.0 Å². The van der Waals surface area contributed by atoms with E-state index in [9.17, 15) is 0 Å². The smallest absolute Gasteiger partial charge is 0.186 e. The van der Waals surface area contributed by atoms with Crippen LogP contribution in [-0.2, 0) is 0 Å². The molecule has 1 aliphatic heterocycles. The van der Waals surface area contributed by atoms with E-state index in [-0.39, 0.29) is 0 Å². The molecule has 0 radical (unpaired) electrons. The first-order valence-electron chi connectivity index (χ1n) is 8.39. The second-order valence-electron chi connectivity index (χ2n) is 6.29. The number of thiazole rings is 2. The maximum atomic E-state index is 6.31. The molecule has 3 heterocycles. The summed E-state index contributed by atoms with van der Waals surface area (Å²) in [4.78, 5) is 14.2. The minimum absolute atomic E-state index is 0.649. The van der Waals surface area contributed by atoms with Crippen molar-refractivity contribution in [3.8, 4) is 0 Å². The van der Waals surface area contributed by atoms with Crippen LogP contribution in [0.25, 0.3) is 20.4 Å². The predicted molar refractivity (Wildman–Crippen MR) is 121 cm³/mol. The second-order valence-corrected chi connectivity index (χ2v) is 10.0. The first-order valence-corrected chi connectivity index (χ1v) is 11.6. The van der Waals surface area contributed by atoms with E-state index in [2.05, 4.69) is 37.9 Å². The van der Waals surface area contributed by atoms with Crippen molar-refractivity contribution in [2.24, 2.45) is 0 Å². The Hall–Kier alpha value is -1.12. The third-order valence-electron chi connectivity index (χ3n) is 4.59. The highest BCUT2D eigenvalue weighted by Gasteiger charge is 2.23. The monoisotopic (exact) mass is 498 g/mol. The van der Waals surface area contributed by atoms with Gasteiger partial charge in [0.25, 0.3) is 0 Å². The van der Waals surface area contributed by atoms with Crippen LogP contribution in [0.3, 0.4) is 0 Å². The highest BCUT2D eigenvalue weighted by atomic mass is 79.9. The molecular weight excluding hydrogens is 487 g/mol. The average Bonchev–Trinajstić information content (AvgIpc) is 3.30. The van der Waals surface area contributed by atoms with Crippen molar-refractivity contribution in [3.63, 3.8) is 0 Å². The Morgan fingerprint density at radius 2 is 1.52 bits per heavy atom. The van der Waals surface area contributed by atoms with E-state index in [1.807, 2.05) is 12.1 Å². The summed E-state index contributed by atoms with van der Waals surface area (Å²) in [5.41, 5.74) is 1.85. The lowest BCUT2D eigenvalue weighted by atomic mass is 10.3. The topological polar surface area (TPSA) is 32.3 Å². The molecule has 2 aromatic carbocycles. The summed E-state index contributed by atoms with van der Waals surface area (Å²) < 4.78 is 3.25. The number of piperazine rings is 1. The average molecular weight is 500 g/mol. The molecule has 5 rings (SSSR count). The Morgan fingerprint density at radius 1 is 0.852 bits per heavy atom. The molecule has 0 amide bonds. The van der Waals surface area contributed by atoms with Gasteiger partial charge in [0, 0.05) is 30.7 Å². The zero-order valence-corrected chi connectivity index (χ0v) is 18.7. The van der Waals surface area contributed by atoms with Gasteiger partial charge in [-0.05, 0) is 30.3 Å². The molecule has 4 aromatic rings. The van der Waals surface area contributed by atoms with Crippen molar-refractivity contribution < 1.29 is 0 Å². The number of hydrogen-bond donors (Lipinski definition) is 0. The van der Waals surface area contributed by atoms with Crippen LogP contribution >= 0.6 is 61.8 Å². The number of fused-ring (bicyclic) bond motifs is 2. The van der Waals surface area contributed by atoms with Crippen molar-refractivity contribution >= 4 is 92.5 Å². The highest BCUT2D eigenvalue weighted by molar-refractivity contribution is 9.10. The third-order valence-corrected chi connectivity index (χ3v) is 8.05. The van der Waals surface area contributed by atoms with Crippen molar-refractivity contribution in [1.82, 2.24) is 9.97 Å². The summed E-state index contributed by atoms with van der Waals surface area (Å²) in [7, 11) is 0. The van der Waals surface area contributed by atoms with E-state index in [1.54, 1.807) is 28.7 Å². The minimum Gasteiger partial charge on any atom is -0.345 e. The van der Waals surface area contributed by atoms with Gasteiger partial charge < -0.3 is 9.80 Å². The van der Waals surface area contributed by atoms with Gasteiger partial charge in [0.1, 0.15) is 5.52 Å². The normalized spacial score (nSPS) is 15.2. The number of nitrogens with zero attached hydrogens (tertiary/aromatic N) is 4. The van der Waals surface area contributed by atoms with Gasteiger partial charge in [0.15, 0.2) is 10.3 Å². The maximum Gasteiger partial charge on any atom is 0.186 e. The van der Waals surface area contributed by atoms with E-state index in [4.69, 9.17) is 33.2 Å². The Balaban J connectivity index is 1.36. The number of anilines is 2. The zero-order valence-electron chi connectivity index (χ0n) is 14.0. The molecular formula is C18H13BrCl2N4S2. The molecule has 1 saturated heterocycles. The highest BCUT2D eigenvalue weighted by Crippen LogP contribution is 2.38. The molecule has 0 unspecified atom stereocenters. The molecule has 0 N–H and O–H groups in total. The number of hydrogen-bond acceptors (Lipinski definition) is 6. The van der Waals surface area contributed by atoms with Gasteiger partial charge in [-0.2, -0.15) is 0 Å². The van der Waals surface area contributed by atoms with Gasteiger partial charge in [0.05, 0.1) is 25.0 Å². The molecule has 1 aliphatic rings. The molecule has 0 saturated carbocycles. The summed E-state index contributed by atoms with van der Waals surface area (Å²) in [5, 5.41) is 3.42. The zero-order chi connectivity index (χ0) is 18.5. The van der Waals surface area contributed by atoms with Crippen LogP contribution in [0.5, 0.6) is 0 Å². The van der Waals surface area contributed by atoms with Crippen LogP contribution in [0, 0.1) is 0 Å². The van der Waals surface area contributed by atoms with Crippen LogP contribution in [0.4, 0.5) is 10.3 Å². The number of rotatable bonds is 2. The van der Waals surface area contributed by atoms with E-state index in [0.717, 1.165) is 56.6 Å². The maximum absolute atomic E-state index is 6.31. The van der Waals surface area contributed by atoms with Gasteiger partial charge in [-0.15, -0.1) is 0 Å². The fraction of sp³-hybridized carbons (Fsp3) is 0.222. The summed E-state index contributed by atoms with van der Waals surface area (Å²) in [6.07, 6.45) is 0. The van der Waals surface area contributed by atoms with Crippen molar-refractivity contribution in [2.45, 2.75) is 0 Å². The van der Waals surface area contributed by atoms with Gasteiger partial charge in [-0.1, -0.05) is 61.8 Å². The van der Waals surface area contributed by atoms with E-state index in [1.165, 1.54) is 4.70 Å². The Bertz CT molecular complexity index is 1110. The van der Waals surface area contributed by atoms with Gasteiger partial charge in [-0.3, -0.25) is 0 Å². The molecule has 9 heteroatoms. The fourth-order valence-electron chi connectivity index (χ4n) is 3.18. The molecule has 27 heavy (non-hydrogen) atoms. The Kier molecular flexibility index (Phi) is 4.68. The van der Waals surface area contributed by atoms with Crippen LogP contribution in [-0.4, -0.2) is 36.1 Å². The lowest BCUT2D eigenvalue weighted by Crippen LogP contribution is -2.46. The number of halogens is 3. The summed E-state index contributed by atoms with van der Waals surface area (Å²) in [5.74, 6) is 0. The molecule has 0 atom stereocenters. The van der Waals surface area contributed by atoms with Gasteiger partial charge >= 0.3 is 0 Å². The number of benzene rings is 2. The molecule has 0 aliphatic carbocycles. The summed E-state index contributed by atoms with van der Waals surface area (Å²) in [6, 6.07) is 9.86. The van der Waals surface area contributed by atoms with Gasteiger partial charge in [0.2, 0.25) is 0 Å². The largest absolute Gasteiger partial charge is 0.345 e. The molecule has 2 aromatic heterocycles. The van der Waals surface area contributed by atoms with E-state index < -0.39 is 0 Å². The molecule has 1 fully saturated rings. The predicted octanol–water partition coefficient (Wildman–Crippen LogP) is 6.30. The van der Waals surface area contributed by atoms with Crippen molar-refractivity contribution in [2.75, 3.05) is 36.0 Å².